The van der Waals surface area contributed by atoms with Crippen molar-refractivity contribution >= 4 is 5.91 Å². The third kappa shape index (κ3) is 2.36. The molecule has 0 radical (unpaired) electrons. The molecule has 1 aromatic carbocycles. The maximum Gasteiger partial charge on any atom is 0.251 e. The zero-order chi connectivity index (χ0) is 12.1. The molecule has 0 unspecified atom stereocenters. The molecular formula is C11H15NO4. The van der Waals surface area contributed by atoms with Crippen molar-refractivity contribution in [2.45, 2.75) is 6.92 Å². The molecule has 1 aromatic rings. The monoisotopic (exact) mass is 225 g/mol. The summed E-state index contributed by atoms with van der Waals surface area (Å²) in [6.07, 6.45) is 0. The van der Waals surface area contributed by atoms with Crippen LogP contribution >= 0.6 is 0 Å². The average molecular weight is 225 g/mol. The predicted octanol–water partition coefficient (Wildman–Crippen LogP) is 1.16. The summed E-state index contributed by atoms with van der Waals surface area (Å²) in [5.41, 5.74) is 0.383. The molecule has 1 rings (SSSR count). The van der Waals surface area contributed by atoms with Gasteiger partial charge in [0.15, 0.2) is 11.5 Å². The van der Waals surface area contributed by atoms with Crippen molar-refractivity contribution < 1.29 is 19.4 Å². The summed E-state index contributed by atoms with van der Waals surface area (Å²) < 4.78 is 9.89. The van der Waals surface area contributed by atoms with E-state index in [4.69, 9.17) is 9.47 Å². The third-order valence-electron chi connectivity index (χ3n) is 2.08. The van der Waals surface area contributed by atoms with E-state index in [1.54, 1.807) is 0 Å². The highest BCUT2D eigenvalue weighted by atomic mass is 16.5. The molecule has 0 aliphatic heterocycles. The van der Waals surface area contributed by atoms with Crippen LogP contribution in [0.25, 0.3) is 0 Å². The standard InChI is InChI=1S/C11H15NO4/c1-4-12-11(14)7-5-8(15-2)10(13)9(6-7)16-3/h5-6,13H,4H2,1-3H3,(H,12,14). The smallest absolute Gasteiger partial charge is 0.251 e. The number of ether oxygens (including phenoxy) is 2. The number of hydrogen-bond donors (Lipinski definition) is 2. The number of benzene rings is 1. The van der Waals surface area contributed by atoms with Crippen molar-refractivity contribution in [1.29, 1.82) is 0 Å². The summed E-state index contributed by atoms with van der Waals surface area (Å²) in [6, 6.07) is 2.92. The molecule has 5 heteroatoms. The van der Waals surface area contributed by atoms with Crippen LogP contribution in [-0.2, 0) is 0 Å². The minimum atomic E-state index is -0.237. The Hall–Kier alpha value is -1.91. The number of amides is 1. The first-order valence-corrected chi connectivity index (χ1v) is 4.87. The van der Waals surface area contributed by atoms with Crippen molar-refractivity contribution in [3.63, 3.8) is 0 Å². The average Bonchev–Trinajstić information content (AvgIpc) is 2.29. The summed E-state index contributed by atoms with van der Waals surface area (Å²) in [5.74, 6) is 0.0679. The molecule has 0 aliphatic rings. The van der Waals surface area contributed by atoms with Gasteiger partial charge in [-0.3, -0.25) is 4.79 Å². The highest BCUT2D eigenvalue weighted by Crippen LogP contribution is 2.36. The number of methoxy groups -OCH3 is 2. The molecule has 0 saturated heterocycles. The van der Waals surface area contributed by atoms with E-state index in [1.807, 2.05) is 6.92 Å². The Bertz CT molecular complexity index is 365. The van der Waals surface area contributed by atoms with E-state index in [0.29, 0.717) is 12.1 Å². The maximum absolute atomic E-state index is 11.6. The highest BCUT2D eigenvalue weighted by molar-refractivity contribution is 5.95. The van der Waals surface area contributed by atoms with Gasteiger partial charge in [0.2, 0.25) is 5.75 Å². The lowest BCUT2D eigenvalue weighted by atomic mass is 10.1. The second kappa shape index (κ2) is 5.25. The van der Waals surface area contributed by atoms with E-state index in [0.717, 1.165) is 0 Å². The first-order valence-electron chi connectivity index (χ1n) is 4.87. The second-order valence-corrected chi connectivity index (χ2v) is 3.09. The fraction of sp³-hybridized carbons (Fsp3) is 0.364. The van der Waals surface area contributed by atoms with Crippen LogP contribution in [0.1, 0.15) is 17.3 Å². The maximum atomic E-state index is 11.6. The zero-order valence-electron chi connectivity index (χ0n) is 9.53. The first kappa shape index (κ1) is 12.2. The Labute approximate surface area is 94.0 Å². The number of carbonyl (C=O) groups is 1. The van der Waals surface area contributed by atoms with Crippen molar-refractivity contribution in [2.75, 3.05) is 20.8 Å². The van der Waals surface area contributed by atoms with Crippen LogP contribution in [0, 0.1) is 0 Å². The predicted molar refractivity (Wildman–Crippen MR) is 59.2 cm³/mol. The number of nitrogens with one attached hydrogen (secondary N) is 1. The second-order valence-electron chi connectivity index (χ2n) is 3.09. The molecule has 0 spiro atoms. The Morgan fingerprint density at radius 1 is 1.31 bits per heavy atom. The quantitative estimate of drug-likeness (QED) is 0.806. The minimum absolute atomic E-state index is 0.113. The topological polar surface area (TPSA) is 67.8 Å². The summed E-state index contributed by atoms with van der Waals surface area (Å²) >= 11 is 0. The molecule has 88 valence electrons. The first-order chi connectivity index (χ1) is 7.63. The number of phenolic OH excluding ortho intramolecular Hbond substituents is 1. The number of phenols is 1. The van der Waals surface area contributed by atoms with Gasteiger partial charge in [0.1, 0.15) is 0 Å². The Balaban J connectivity index is 3.16. The van der Waals surface area contributed by atoms with Crippen LogP contribution in [0.4, 0.5) is 0 Å². The van der Waals surface area contributed by atoms with Gasteiger partial charge < -0.3 is 19.9 Å². The molecule has 0 heterocycles. The number of aromatic hydroxyl groups is 1. The van der Waals surface area contributed by atoms with E-state index >= 15 is 0 Å². The van der Waals surface area contributed by atoms with Gasteiger partial charge >= 0.3 is 0 Å². The summed E-state index contributed by atoms with van der Waals surface area (Å²) in [7, 11) is 2.83. The third-order valence-corrected chi connectivity index (χ3v) is 2.08. The molecular weight excluding hydrogens is 210 g/mol. The molecule has 0 aromatic heterocycles. The van der Waals surface area contributed by atoms with Crippen LogP contribution in [0.2, 0.25) is 0 Å². The Morgan fingerprint density at radius 3 is 2.19 bits per heavy atom. The van der Waals surface area contributed by atoms with Gasteiger partial charge in [-0.15, -0.1) is 0 Å². The molecule has 2 N–H and O–H groups in total. The van der Waals surface area contributed by atoms with Gasteiger partial charge in [0, 0.05) is 12.1 Å². The molecule has 5 nitrogen and oxygen atoms in total. The van der Waals surface area contributed by atoms with E-state index in [1.165, 1.54) is 26.4 Å². The highest BCUT2D eigenvalue weighted by Gasteiger charge is 2.14. The van der Waals surface area contributed by atoms with Crippen LogP contribution in [0.5, 0.6) is 17.2 Å². The van der Waals surface area contributed by atoms with Crippen molar-refractivity contribution in [3.05, 3.63) is 17.7 Å². The number of hydrogen-bond acceptors (Lipinski definition) is 4. The van der Waals surface area contributed by atoms with Crippen LogP contribution in [0.15, 0.2) is 12.1 Å². The number of rotatable bonds is 4. The Morgan fingerprint density at radius 2 is 1.81 bits per heavy atom. The molecule has 0 fully saturated rings. The van der Waals surface area contributed by atoms with Gasteiger partial charge in [0.25, 0.3) is 5.91 Å². The minimum Gasteiger partial charge on any atom is -0.502 e. The normalized spacial score (nSPS) is 9.69. The van der Waals surface area contributed by atoms with Gasteiger partial charge in [-0.05, 0) is 19.1 Å². The van der Waals surface area contributed by atoms with E-state index in [2.05, 4.69) is 5.32 Å². The summed E-state index contributed by atoms with van der Waals surface area (Å²) in [5, 5.41) is 12.3. The lowest BCUT2D eigenvalue weighted by Gasteiger charge is -2.10. The molecule has 0 bridgehead atoms. The van der Waals surface area contributed by atoms with E-state index in [9.17, 15) is 9.90 Å². The van der Waals surface area contributed by atoms with Crippen molar-refractivity contribution in [1.82, 2.24) is 5.32 Å². The van der Waals surface area contributed by atoms with Crippen LogP contribution in [0.3, 0.4) is 0 Å². The SMILES string of the molecule is CCNC(=O)c1cc(OC)c(O)c(OC)c1. The lowest BCUT2D eigenvalue weighted by molar-refractivity contribution is 0.0955. The molecule has 0 atom stereocenters. The molecule has 0 saturated carbocycles. The Kier molecular flexibility index (Phi) is 3.99. The molecule has 1 amide bonds. The summed E-state index contributed by atoms with van der Waals surface area (Å²) in [4.78, 5) is 11.6. The molecule has 16 heavy (non-hydrogen) atoms. The van der Waals surface area contributed by atoms with Crippen LogP contribution < -0.4 is 14.8 Å². The van der Waals surface area contributed by atoms with E-state index in [-0.39, 0.29) is 23.2 Å². The van der Waals surface area contributed by atoms with Crippen LogP contribution in [-0.4, -0.2) is 31.8 Å². The van der Waals surface area contributed by atoms with Gasteiger partial charge in [-0.25, -0.2) is 0 Å². The fourth-order valence-electron chi connectivity index (χ4n) is 1.29. The largest absolute Gasteiger partial charge is 0.502 e. The van der Waals surface area contributed by atoms with Gasteiger partial charge in [0.05, 0.1) is 14.2 Å². The fourth-order valence-corrected chi connectivity index (χ4v) is 1.29. The van der Waals surface area contributed by atoms with E-state index < -0.39 is 0 Å². The van der Waals surface area contributed by atoms with Gasteiger partial charge in [-0.2, -0.15) is 0 Å². The lowest BCUT2D eigenvalue weighted by Crippen LogP contribution is -2.22. The van der Waals surface area contributed by atoms with Gasteiger partial charge in [-0.1, -0.05) is 0 Å². The number of carbonyl (C=O) groups excluding carboxylic acids is 1. The molecule has 0 aliphatic carbocycles. The zero-order valence-corrected chi connectivity index (χ0v) is 9.53. The van der Waals surface area contributed by atoms with Crippen molar-refractivity contribution in [2.24, 2.45) is 0 Å². The van der Waals surface area contributed by atoms with Crippen molar-refractivity contribution in [3.8, 4) is 17.2 Å². The summed E-state index contributed by atoms with van der Waals surface area (Å²) in [6.45, 7) is 2.36.